The molecular formula is C18H19N5O2. The van der Waals surface area contributed by atoms with E-state index in [0.717, 1.165) is 22.6 Å². The summed E-state index contributed by atoms with van der Waals surface area (Å²) in [6.45, 7) is 3.91. The molecule has 0 aliphatic carbocycles. The second-order valence-corrected chi connectivity index (χ2v) is 5.95. The summed E-state index contributed by atoms with van der Waals surface area (Å²) in [5, 5.41) is 2.91. The molecule has 1 amide bonds. The number of amides is 1. The molecule has 128 valence electrons. The molecule has 0 fully saturated rings. The minimum Gasteiger partial charge on any atom is -0.451 e. The van der Waals surface area contributed by atoms with E-state index in [1.54, 1.807) is 10.9 Å². The zero-order valence-electron chi connectivity index (χ0n) is 14.1. The maximum atomic E-state index is 12.6. The van der Waals surface area contributed by atoms with Gasteiger partial charge >= 0.3 is 0 Å². The highest BCUT2D eigenvalue weighted by atomic mass is 16.3. The van der Waals surface area contributed by atoms with Crippen LogP contribution in [0.4, 0.5) is 5.69 Å². The van der Waals surface area contributed by atoms with Crippen molar-refractivity contribution < 1.29 is 10.6 Å². The number of carbonyl (C=O) groups excluding carboxylic acids is 1. The molecule has 0 bridgehead atoms. The topological polar surface area (TPSA) is 77.4 Å². The molecule has 0 aliphatic heterocycles. The van der Waals surface area contributed by atoms with Crippen molar-refractivity contribution in [1.82, 2.24) is 19.2 Å². The van der Waals surface area contributed by atoms with Crippen LogP contribution < -0.4 is 5.32 Å². The van der Waals surface area contributed by atoms with E-state index in [-0.39, 0.29) is 7.33 Å². The fraction of sp³-hybridized carbons (Fsp3) is 0.167. The lowest BCUT2D eigenvalue weighted by Crippen LogP contribution is -2.29. The van der Waals surface area contributed by atoms with Crippen LogP contribution in [0.2, 0.25) is 0 Å². The van der Waals surface area contributed by atoms with Crippen LogP contribution in [-0.2, 0) is 7.05 Å². The first kappa shape index (κ1) is 15.2. The fourth-order valence-electron chi connectivity index (χ4n) is 3.03. The van der Waals surface area contributed by atoms with Gasteiger partial charge in [0.2, 0.25) is 0 Å². The molecule has 0 atom stereocenters. The predicted octanol–water partition coefficient (Wildman–Crippen LogP) is 3.44. The van der Waals surface area contributed by atoms with Crippen molar-refractivity contribution in [2.24, 2.45) is 7.05 Å². The Bertz CT molecular complexity index is 1060. The van der Waals surface area contributed by atoms with Crippen LogP contribution in [0.25, 0.3) is 16.9 Å². The molecule has 1 N–H and O–H groups in total. The SMILES string of the molecule is Cc1cc(C)n2c(n1)c(C(=O)Nc1ccc(-c3cocn3)cc1)n2C.[HH]. The highest BCUT2D eigenvalue weighted by Gasteiger charge is 2.22. The number of aryl methyl sites for hydroxylation is 3. The second kappa shape index (κ2) is 5.62. The van der Waals surface area contributed by atoms with Crippen molar-refractivity contribution in [1.29, 1.82) is 0 Å². The van der Waals surface area contributed by atoms with Gasteiger partial charge in [0.25, 0.3) is 5.91 Å². The van der Waals surface area contributed by atoms with Crippen LogP contribution in [0, 0.1) is 13.8 Å². The van der Waals surface area contributed by atoms with Gasteiger partial charge in [0, 0.05) is 31.1 Å². The number of rotatable bonds is 3. The number of hydrogen-bond acceptors (Lipinski definition) is 4. The highest BCUT2D eigenvalue weighted by Crippen LogP contribution is 2.21. The van der Waals surface area contributed by atoms with Gasteiger partial charge < -0.3 is 9.73 Å². The molecular weight excluding hydrogens is 318 g/mol. The van der Waals surface area contributed by atoms with Gasteiger partial charge in [0.1, 0.15) is 12.0 Å². The molecule has 0 spiro atoms. The Labute approximate surface area is 145 Å². The number of anilines is 1. The summed E-state index contributed by atoms with van der Waals surface area (Å²) in [5.41, 5.74) is 5.54. The zero-order valence-corrected chi connectivity index (χ0v) is 14.1. The van der Waals surface area contributed by atoms with Crippen LogP contribution >= 0.6 is 0 Å². The first-order chi connectivity index (χ1) is 12.0. The Morgan fingerprint density at radius 1 is 1.24 bits per heavy atom. The molecule has 3 aromatic heterocycles. The molecule has 1 aromatic carbocycles. The Morgan fingerprint density at radius 2 is 2.00 bits per heavy atom. The van der Waals surface area contributed by atoms with Crippen LogP contribution in [0.15, 0.2) is 47.4 Å². The number of aromatic nitrogens is 4. The molecule has 0 saturated heterocycles. The van der Waals surface area contributed by atoms with E-state index in [1.807, 2.05) is 55.7 Å². The van der Waals surface area contributed by atoms with Crippen molar-refractivity contribution in [2.75, 3.05) is 5.32 Å². The minimum atomic E-state index is -0.186. The quantitative estimate of drug-likeness (QED) is 0.621. The molecule has 0 radical (unpaired) electrons. The van der Waals surface area contributed by atoms with Crippen LogP contribution in [0.3, 0.4) is 0 Å². The number of oxazole rings is 1. The van der Waals surface area contributed by atoms with E-state index in [0.29, 0.717) is 17.0 Å². The number of fused-ring (bicyclic) bond motifs is 1. The molecule has 4 aromatic rings. The average Bonchev–Trinajstić information content (AvgIpc) is 3.09. The summed E-state index contributed by atoms with van der Waals surface area (Å²) < 4.78 is 8.70. The third-order valence-electron chi connectivity index (χ3n) is 4.16. The van der Waals surface area contributed by atoms with Crippen molar-refractivity contribution in [3.05, 3.63) is 60.1 Å². The zero-order chi connectivity index (χ0) is 17.6. The van der Waals surface area contributed by atoms with Crippen molar-refractivity contribution in [3.63, 3.8) is 0 Å². The Morgan fingerprint density at radius 3 is 2.68 bits per heavy atom. The first-order valence-electron chi connectivity index (χ1n) is 7.86. The molecule has 0 saturated carbocycles. The Kier molecular flexibility index (Phi) is 3.42. The Hall–Kier alpha value is -3.35. The van der Waals surface area contributed by atoms with Crippen molar-refractivity contribution in [2.45, 2.75) is 13.8 Å². The lowest BCUT2D eigenvalue weighted by Gasteiger charge is -2.22. The summed E-state index contributed by atoms with van der Waals surface area (Å²) in [7, 11) is 1.85. The van der Waals surface area contributed by atoms with Gasteiger partial charge in [-0.15, -0.1) is 0 Å². The first-order valence-corrected chi connectivity index (χ1v) is 7.86. The summed E-state index contributed by atoms with van der Waals surface area (Å²) >= 11 is 0. The number of benzene rings is 1. The maximum absolute atomic E-state index is 12.6. The molecule has 0 unspecified atom stereocenters. The third-order valence-corrected chi connectivity index (χ3v) is 4.16. The molecule has 7 heteroatoms. The monoisotopic (exact) mass is 337 g/mol. The molecule has 7 nitrogen and oxygen atoms in total. The molecule has 4 rings (SSSR count). The highest BCUT2D eigenvalue weighted by molar-refractivity contribution is 6.07. The van der Waals surface area contributed by atoms with Gasteiger partial charge in [-0.3, -0.25) is 9.48 Å². The lowest BCUT2D eigenvalue weighted by atomic mass is 10.1. The summed E-state index contributed by atoms with van der Waals surface area (Å²) in [6, 6.07) is 9.43. The Balaban J connectivity index is 0.00000196. The van der Waals surface area contributed by atoms with Crippen LogP contribution in [0.5, 0.6) is 0 Å². The number of hydrogen-bond donors (Lipinski definition) is 1. The van der Waals surface area contributed by atoms with Crippen molar-refractivity contribution in [3.8, 4) is 11.3 Å². The molecule has 0 aliphatic rings. The number of carbonyl (C=O) groups is 1. The van der Waals surface area contributed by atoms with Gasteiger partial charge in [-0.05, 0) is 32.0 Å². The number of nitrogens with one attached hydrogen (secondary N) is 1. The predicted molar refractivity (Wildman–Crippen MR) is 95.6 cm³/mol. The van der Waals surface area contributed by atoms with E-state index in [1.165, 1.54) is 6.39 Å². The fourth-order valence-corrected chi connectivity index (χ4v) is 3.03. The van der Waals surface area contributed by atoms with E-state index in [9.17, 15) is 4.79 Å². The summed E-state index contributed by atoms with van der Waals surface area (Å²) in [5.74, 6) is -0.186. The standard InChI is InChI=1S/C18H17N5O2.H2/c1-11-8-12(2)23-17(20-11)16(22(23)3)18(24)21-14-6-4-13(5-7-14)15-9-25-10-19-15;/h4-10H,1-3H3,(H,21,24);1H. The normalized spacial score (nSPS) is 11.2. The van der Waals surface area contributed by atoms with Gasteiger partial charge in [0.05, 0.1) is 0 Å². The summed E-state index contributed by atoms with van der Waals surface area (Å²) in [4.78, 5) is 21.2. The van der Waals surface area contributed by atoms with Gasteiger partial charge in [-0.25, -0.2) is 14.5 Å². The molecule has 25 heavy (non-hydrogen) atoms. The van der Waals surface area contributed by atoms with Crippen LogP contribution in [-0.4, -0.2) is 25.1 Å². The van der Waals surface area contributed by atoms with E-state index in [4.69, 9.17) is 4.42 Å². The average molecular weight is 337 g/mol. The summed E-state index contributed by atoms with van der Waals surface area (Å²) in [6.07, 6.45) is 2.97. The van der Waals surface area contributed by atoms with Crippen LogP contribution in [0.1, 0.15) is 23.3 Å². The second-order valence-electron chi connectivity index (χ2n) is 5.95. The van der Waals surface area contributed by atoms with E-state index < -0.39 is 0 Å². The van der Waals surface area contributed by atoms with E-state index >= 15 is 0 Å². The van der Waals surface area contributed by atoms with Gasteiger partial charge in [-0.1, -0.05) is 12.1 Å². The smallest absolute Gasteiger partial charge is 0.277 e. The largest absolute Gasteiger partial charge is 0.451 e. The van der Waals surface area contributed by atoms with E-state index in [2.05, 4.69) is 15.3 Å². The molecule has 3 heterocycles. The minimum absolute atomic E-state index is 0. The number of nitrogens with zero attached hydrogens (tertiary/aromatic N) is 4. The van der Waals surface area contributed by atoms with Gasteiger partial charge in [-0.2, -0.15) is 0 Å². The third kappa shape index (κ3) is 2.50. The maximum Gasteiger partial charge on any atom is 0.277 e. The lowest BCUT2D eigenvalue weighted by molar-refractivity contribution is 0.101. The van der Waals surface area contributed by atoms with Gasteiger partial charge in [0.15, 0.2) is 17.7 Å². The van der Waals surface area contributed by atoms with Crippen molar-refractivity contribution >= 4 is 17.2 Å².